The van der Waals surface area contributed by atoms with Gasteiger partial charge in [-0.2, -0.15) is 0 Å². The lowest BCUT2D eigenvalue weighted by Gasteiger charge is -2.09. The fraction of sp³-hybridized carbons (Fsp3) is 0.312. The van der Waals surface area contributed by atoms with E-state index in [9.17, 15) is 4.79 Å². The summed E-state index contributed by atoms with van der Waals surface area (Å²) in [6.45, 7) is 6.94. The minimum Gasteiger partial charge on any atom is -0.354 e. The van der Waals surface area contributed by atoms with E-state index in [-0.39, 0.29) is 5.91 Å². The van der Waals surface area contributed by atoms with Crippen molar-refractivity contribution in [1.29, 1.82) is 0 Å². The minimum atomic E-state index is -0.240. The number of carbonyl (C=O) groups is 1. The number of hydrogen-bond donors (Lipinski definition) is 2. The molecule has 0 atom stereocenters. The molecule has 2 N–H and O–H groups in total. The van der Waals surface area contributed by atoms with Crippen LogP contribution >= 0.6 is 0 Å². The largest absolute Gasteiger partial charge is 0.354 e. The summed E-state index contributed by atoms with van der Waals surface area (Å²) in [7, 11) is 0. The quantitative estimate of drug-likeness (QED) is 0.885. The van der Waals surface area contributed by atoms with Gasteiger partial charge in [0.1, 0.15) is 5.69 Å². The molecule has 0 unspecified atom stereocenters. The fourth-order valence-corrected chi connectivity index (χ4v) is 1.78. The molecule has 0 saturated carbocycles. The number of anilines is 2. The number of nitrogens with zero attached hydrogens (tertiary/aromatic N) is 2. The number of nitrogens with one attached hydrogen (secondary N) is 2. The van der Waals surface area contributed by atoms with Crippen LogP contribution < -0.4 is 10.6 Å². The van der Waals surface area contributed by atoms with E-state index >= 15 is 0 Å². The van der Waals surface area contributed by atoms with E-state index in [4.69, 9.17) is 0 Å². The van der Waals surface area contributed by atoms with E-state index < -0.39 is 0 Å². The van der Waals surface area contributed by atoms with Gasteiger partial charge < -0.3 is 10.6 Å². The Morgan fingerprint density at radius 2 is 2.10 bits per heavy atom. The Morgan fingerprint density at radius 1 is 1.29 bits per heavy atom. The Morgan fingerprint density at radius 3 is 2.81 bits per heavy atom. The molecule has 1 aromatic carbocycles. The predicted octanol–water partition coefficient (Wildman–Crippen LogP) is 3.11. The summed E-state index contributed by atoms with van der Waals surface area (Å²) in [6.07, 6.45) is 1.58. The summed E-state index contributed by atoms with van der Waals surface area (Å²) in [5, 5.41) is 5.94. The third kappa shape index (κ3) is 4.56. The van der Waals surface area contributed by atoms with Crippen molar-refractivity contribution in [2.24, 2.45) is 5.92 Å². The zero-order chi connectivity index (χ0) is 15.2. The zero-order valence-electron chi connectivity index (χ0n) is 12.6. The number of benzene rings is 1. The van der Waals surface area contributed by atoms with E-state index in [1.807, 2.05) is 31.2 Å². The number of carbonyl (C=O) groups excluding carboxylic acids is 1. The fourth-order valence-electron chi connectivity index (χ4n) is 1.78. The molecule has 5 heteroatoms. The van der Waals surface area contributed by atoms with Gasteiger partial charge in [-0.05, 0) is 36.6 Å². The third-order valence-electron chi connectivity index (χ3n) is 2.83. The molecule has 1 amide bonds. The van der Waals surface area contributed by atoms with Crippen molar-refractivity contribution < 1.29 is 4.79 Å². The second-order valence-corrected chi connectivity index (χ2v) is 5.36. The third-order valence-corrected chi connectivity index (χ3v) is 2.83. The molecule has 1 aromatic heterocycles. The van der Waals surface area contributed by atoms with Gasteiger partial charge in [-0.1, -0.05) is 26.0 Å². The number of hydrogen-bond acceptors (Lipinski definition) is 4. The molecule has 0 bridgehead atoms. The highest BCUT2D eigenvalue weighted by Crippen LogP contribution is 2.11. The molecule has 0 fully saturated rings. The van der Waals surface area contributed by atoms with Gasteiger partial charge in [-0.25, -0.2) is 9.97 Å². The van der Waals surface area contributed by atoms with Crippen LogP contribution in [0.25, 0.3) is 0 Å². The van der Waals surface area contributed by atoms with Crippen molar-refractivity contribution in [3.8, 4) is 0 Å². The second-order valence-electron chi connectivity index (χ2n) is 5.36. The van der Waals surface area contributed by atoms with Crippen molar-refractivity contribution in [3.05, 3.63) is 47.8 Å². The molecule has 0 spiro atoms. The van der Waals surface area contributed by atoms with Crippen molar-refractivity contribution >= 4 is 17.5 Å². The topological polar surface area (TPSA) is 66.9 Å². The molecule has 2 aromatic rings. The molecule has 0 saturated heterocycles. The average molecular weight is 284 g/mol. The molecule has 2 rings (SSSR count). The van der Waals surface area contributed by atoms with E-state index in [0.29, 0.717) is 17.6 Å². The first-order valence-corrected chi connectivity index (χ1v) is 6.99. The van der Waals surface area contributed by atoms with Crippen LogP contribution in [0, 0.1) is 12.8 Å². The average Bonchev–Trinajstić information content (AvgIpc) is 2.45. The summed E-state index contributed by atoms with van der Waals surface area (Å²) in [6, 6.07) is 9.25. The lowest BCUT2D eigenvalue weighted by molar-refractivity contribution is 0.102. The standard InChI is InChI=1S/C16H20N4O/c1-11(2)10-18-16-17-8-7-14(20-16)15(21)19-13-6-4-5-12(3)9-13/h4-9,11H,10H2,1-3H3,(H,19,21)(H,17,18,20). The van der Waals surface area contributed by atoms with Crippen LogP contribution in [0.4, 0.5) is 11.6 Å². The second kappa shape index (κ2) is 6.83. The monoisotopic (exact) mass is 284 g/mol. The molecular formula is C16H20N4O. The van der Waals surface area contributed by atoms with Gasteiger partial charge in [0.05, 0.1) is 0 Å². The number of rotatable bonds is 5. The molecule has 21 heavy (non-hydrogen) atoms. The number of aryl methyl sites for hydroxylation is 1. The van der Waals surface area contributed by atoms with Crippen LogP contribution in [0.5, 0.6) is 0 Å². The van der Waals surface area contributed by atoms with E-state index in [1.54, 1.807) is 12.3 Å². The molecule has 5 nitrogen and oxygen atoms in total. The predicted molar refractivity (Wildman–Crippen MR) is 84.5 cm³/mol. The first-order chi connectivity index (χ1) is 10.0. The van der Waals surface area contributed by atoms with Gasteiger partial charge in [-0.15, -0.1) is 0 Å². The van der Waals surface area contributed by atoms with Crippen LogP contribution in [0.1, 0.15) is 29.9 Å². The van der Waals surface area contributed by atoms with Crippen molar-refractivity contribution in [3.63, 3.8) is 0 Å². The van der Waals surface area contributed by atoms with Crippen molar-refractivity contribution in [2.75, 3.05) is 17.2 Å². The molecule has 0 aliphatic heterocycles. The van der Waals surface area contributed by atoms with E-state index in [0.717, 1.165) is 17.8 Å². The summed E-state index contributed by atoms with van der Waals surface area (Å²) in [5.74, 6) is 0.717. The maximum absolute atomic E-state index is 12.2. The first kappa shape index (κ1) is 15.0. The van der Waals surface area contributed by atoms with Gasteiger partial charge in [0.2, 0.25) is 5.95 Å². The Labute approximate surface area is 124 Å². The van der Waals surface area contributed by atoms with Gasteiger partial charge in [0.25, 0.3) is 5.91 Å². The van der Waals surface area contributed by atoms with Gasteiger partial charge >= 0.3 is 0 Å². The van der Waals surface area contributed by atoms with Crippen LogP contribution in [0.15, 0.2) is 36.5 Å². The Bertz CT molecular complexity index is 625. The Hall–Kier alpha value is -2.43. The van der Waals surface area contributed by atoms with E-state index in [2.05, 4.69) is 34.4 Å². The van der Waals surface area contributed by atoms with Crippen LogP contribution in [0.3, 0.4) is 0 Å². The minimum absolute atomic E-state index is 0.240. The normalized spacial score (nSPS) is 10.5. The zero-order valence-corrected chi connectivity index (χ0v) is 12.6. The molecule has 110 valence electrons. The van der Waals surface area contributed by atoms with E-state index in [1.165, 1.54) is 0 Å². The molecule has 0 aliphatic rings. The molecule has 0 aliphatic carbocycles. The van der Waals surface area contributed by atoms with Gasteiger partial charge in [0, 0.05) is 18.4 Å². The van der Waals surface area contributed by atoms with Gasteiger partial charge in [-0.3, -0.25) is 4.79 Å². The van der Waals surface area contributed by atoms with Crippen molar-refractivity contribution in [2.45, 2.75) is 20.8 Å². The maximum Gasteiger partial charge on any atom is 0.274 e. The highest BCUT2D eigenvalue weighted by atomic mass is 16.1. The smallest absolute Gasteiger partial charge is 0.274 e. The van der Waals surface area contributed by atoms with Crippen LogP contribution in [-0.2, 0) is 0 Å². The Balaban J connectivity index is 2.07. The highest BCUT2D eigenvalue weighted by molar-refractivity contribution is 6.02. The Kier molecular flexibility index (Phi) is 4.87. The van der Waals surface area contributed by atoms with Crippen LogP contribution in [0.2, 0.25) is 0 Å². The molecule has 1 heterocycles. The molecule has 0 radical (unpaired) electrons. The SMILES string of the molecule is Cc1cccc(NC(=O)c2ccnc(NCC(C)C)n2)c1. The summed E-state index contributed by atoms with van der Waals surface area (Å²) in [5.41, 5.74) is 2.20. The van der Waals surface area contributed by atoms with Crippen molar-refractivity contribution in [1.82, 2.24) is 9.97 Å². The van der Waals surface area contributed by atoms with Gasteiger partial charge in [0.15, 0.2) is 0 Å². The summed E-state index contributed by atoms with van der Waals surface area (Å²) in [4.78, 5) is 20.5. The maximum atomic E-state index is 12.2. The lowest BCUT2D eigenvalue weighted by atomic mass is 10.2. The van der Waals surface area contributed by atoms with Crippen LogP contribution in [-0.4, -0.2) is 22.4 Å². The summed E-state index contributed by atoms with van der Waals surface area (Å²) >= 11 is 0. The number of amides is 1. The highest BCUT2D eigenvalue weighted by Gasteiger charge is 2.09. The lowest BCUT2D eigenvalue weighted by Crippen LogP contribution is -2.16. The summed E-state index contributed by atoms with van der Waals surface area (Å²) < 4.78 is 0. The first-order valence-electron chi connectivity index (χ1n) is 6.99. The number of aromatic nitrogens is 2. The molecular weight excluding hydrogens is 264 g/mol.